The summed E-state index contributed by atoms with van der Waals surface area (Å²) in [7, 11) is -2.90. The lowest BCUT2D eigenvalue weighted by Crippen LogP contribution is -2.40. The van der Waals surface area contributed by atoms with Crippen molar-refractivity contribution >= 4 is 9.84 Å². The van der Waals surface area contributed by atoms with Crippen LogP contribution in [0.1, 0.15) is 22.8 Å². The third-order valence-electron chi connectivity index (χ3n) is 3.70. The molecule has 0 spiro atoms. The molecule has 0 bridgehead atoms. The van der Waals surface area contributed by atoms with Crippen LogP contribution in [0.15, 0.2) is 18.2 Å². The summed E-state index contributed by atoms with van der Waals surface area (Å²) in [6.45, 7) is 6.99. The minimum absolute atomic E-state index is 0.0453. The Morgan fingerprint density at radius 3 is 2.75 bits per heavy atom. The first-order chi connectivity index (χ1) is 9.35. The van der Waals surface area contributed by atoms with E-state index in [0.717, 1.165) is 13.1 Å². The van der Waals surface area contributed by atoms with Crippen LogP contribution in [0.5, 0.6) is 0 Å². The van der Waals surface area contributed by atoms with Gasteiger partial charge in [0, 0.05) is 25.9 Å². The van der Waals surface area contributed by atoms with E-state index in [1.54, 1.807) is 0 Å². The summed E-state index contributed by atoms with van der Waals surface area (Å²) < 4.78 is 28.4. The highest BCUT2D eigenvalue weighted by molar-refractivity contribution is 7.90. The molecule has 0 radical (unpaired) electrons. The van der Waals surface area contributed by atoms with Crippen molar-refractivity contribution in [2.24, 2.45) is 0 Å². The van der Waals surface area contributed by atoms with Crippen LogP contribution in [0.2, 0.25) is 0 Å². The van der Waals surface area contributed by atoms with Crippen molar-refractivity contribution in [3.63, 3.8) is 0 Å². The van der Waals surface area contributed by atoms with Crippen molar-refractivity contribution in [1.82, 2.24) is 4.90 Å². The second kappa shape index (κ2) is 6.24. The molecule has 0 N–H and O–H groups in total. The first kappa shape index (κ1) is 15.5. The predicted octanol–water partition coefficient (Wildman–Crippen LogP) is 1.72. The van der Waals surface area contributed by atoms with Crippen LogP contribution in [0.25, 0.3) is 0 Å². The van der Waals surface area contributed by atoms with Gasteiger partial charge in [-0.2, -0.15) is 0 Å². The number of nitrogens with zero attached hydrogens (tertiary/aromatic N) is 1. The monoisotopic (exact) mass is 297 g/mol. The van der Waals surface area contributed by atoms with E-state index in [1.807, 2.05) is 0 Å². The Balaban J connectivity index is 2.03. The summed E-state index contributed by atoms with van der Waals surface area (Å²) in [6, 6.07) is 6.38. The molecule has 1 aromatic rings. The second-order valence-electron chi connectivity index (χ2n) is 5.65. The molecule has 2 rings (SSSR count). The first-order valence-electron chi connectivity index (χ1n) is 6.94. The summed E-state index contributed by atoms with van der Waals surface area (Å²) in [6.07, 6.45) is 1.33. The normalized spacial score (nSPS) is 21.1. The van der Waals surface area contributed by atoms with Crippen molar-refractivity contribution < 1.29 is 13.2 Å². The van der Waals surface area contributed by atoms with E-state index in [0.29, 0.717) is 13.2 Å². The van der Waals surface area contributed by atoms with Crippen LogP contribution in [0.4, 0.5) is 0 Å². The van der Waals surface area contributed by atoms with E-state index in [-0.39, 0.29) is 11.9 Å². The van der Waals surface area contributed by atoms with Gasteiger partial charge in [-0.3, -0.25) is 4.90 Å². The first-order valence-corrected chi connectivity index (χ1v) is 9.00. The molecule has 1 saturated heterocycles. The lowest BCUT2D eigenvalue weighted by Gasteiger charge is -2.33. The molecule has 1 aliphatic heterocycles. The van der Waals surface area contributed by atoms with Crippen molar-refractivity contribution in [2.45, 2.75) is 20.0 Å². The lowest BCUT2D eigenvalue weighted by atomic mass is 10.00. The molecule has 4 nitrogen and oxygen atoms in total. The standard InChI is InChI=1S/C15H23NO3S/c1-12-4-5-14(13(2)10-12)15-11-16(6-8-19-15)7-9-20(3,17)18/h4-5,10,15H,6-9,11H2,1-3H3/t15-/m1/s1. The van der Waals surface area contributed by atoms with Crippen LogP contribution < -0.4 is 0 Å². The third kappa shape index (κ3) is 4.30. The molecule has 0 unspecified atom stereocenters. The number of aryl methyl sites for hydroxylation is 2. The smallest absolute Gasteiger partial charge is 0.148 e. The Morgan fingerprint density at radius 2 is 2.10 bits per heavy atom. The Morgan fingerprint density at radius 1 is 1.35 bits per heavy atom. The average Bonchev–Trinajstić information content (AvgIpc) is 2.36. The van der Waals surface area contributed by atoms with E-state index in [2.05, 4.69) is 36.9 Å². The van der Waals surface area contributed by atoms with Gasteiger partial charge in [-0.05, 0) is 25.0 Å². The third-order valence-corrected chi connectivity index (χ3v) is 4.63. The molecule has 1 fully saturated rings. The van der Waals surface area contributed by atoms with Crippen molar-refractivity contribution in [1.29, 1.82) is 0 Å². The second-order valence-corrected chi connectivity index (χ2v) is 7.91. The van der Waals surface area contributed by atoms with E-state index in [4.69, 9.17) is 4.74 Å². The largest absolute Gasteiger partial charge is 0.371 e. The summed E-state index contributed by atoms with van der Waals surface area (Å²) in [4.78, 5) is 2.18. The average molecular weight is 297 g/mol. The zero-order chi connectivity index (χ0) is 14.8. The molecular formula is C15H23NO3S. The van der Waals surface area contributed by atoms with Crippen LogP contribution in [0.3, 0.4) is 0 Å². The Labute approximate surface area is 121 Å². The number of hydrogen-bond acceptors (Lipinski definition) is 4. The molecule has 1 aliphatic rings. The minimum Gasteiger partial charge on any atom is -0.371 e. The van der Waals surface area contributed by atoms with E-state index in [1.165, 1.54) is 22.9 Å². The maximum Gasteiger partial charge on any atom is 0.148 e. The predicted molar refractivity (Wildman–Crippen MR) is 80.8 cm³/mol. The van der Waals surface area contributed by atoms with Gasteiger partial charge < -0.3 is 4.74 Å². The Bertz CT molecular complexity index is 568. The molecule has 0 aliphatic carbocycles. The van der Waals surface area contributed by atoms with Gasteiger partial charge in [0.1, 0.15) is 9.84 Å². The number of ether oxygens (including phenoxy) is 1. The number of morpholine rings is 1. The molecule has 0 aromatic heterocycles. The molecule has 1 atom stereocenters. The fraction of sp³-hybridized carbons (Fsp3) is 0.600. The van der Waals surface area contributed by atoms with Gasteiger partial charge in [0.25, 0.3) is 0 Å². The maximum absolute atomic E-state index is 11.3. The summed E-state index contributed by atoms with van der Waals surface area (Å²) >= 11 is 0. The summed E-state index contributed by atoms with van der Waals surface area (Å²) in [5.41, 5.74) is 3.69. The zero-order valence-corrected chi connectivity index (χ0v) is 13.2. The summed E-state index contributed by atoms with van der Waals surface area (Å²) in [5.74, 6) is 0.215. The highest BCUT2D eigenvalue weighted by Crippen LogP contribution is 2.25. The molecule has 5 heteroatoms. The van der Waals surface area contributed by atoms with Gasteiger partial charge >= 0.3 is 0 Å². The van der Waals surface area contributed by atoms with Crippen molar-refractivity contribution in [2.75, 3.05) is 38.2 Å². The molecule has 0 amide bonds. The SMILES string of the molecule is Cc1ccc([C@H]2CN(CCS(C)(=O)=O)CCO2)c(C)c1. The Kier molecular flexibility index (Phi) is 4.83. The number of benzene rings is 1. The molecule has 1 heterocycles. The lowest BCUT2D eigenvalue weighted by molar-refractivity contribution is -0.0282. The zero-order valence-electron chi connectivity index (χ0n) is 12.4. The van der Waals surface area contributed by atoms with Crippen LogP contribution in [-0.4, -0.2) is 51.6 Å². The molecule has 0 saturated carbocycles. The van der Waals surface area contributed by atoms with E-state index < -0.39 is 9.84 Å². The summed E-state index contributed by atoms with van der Waals surface area (Å²) in [5, 5.41) is 0. The Hall–Kier alpha value is -0.910. The number of hydrogen-bond donors (Lipinski definition) is 0. The minimum atomic E-state index is -2.90. The van der Waals surface area contributed by atoms with Crippen molar-refractivity contribution in [3.8, 4) is 0 Å². The molecule has 20 heavy (non-hydrogen) atoms. The van der Waals surface area contributed by atoms with Gasteiger partial charge in [-0.1, -0.05) is 23.8 Å². The van der Waals surface area contributed by atoms with Gasteiger partial charge in [0.05, 0.1) is 18.5 Å². The highest BCUT2D eigenvalue weighted by atomic mass is 32.2. The van der Waals surface area contributed by atoms with Crippen molar-refractivity contribution in [3.05, 3.63) is 34.9 Å². The van der Waals surface area contributed by atoms with Gasteiger partial charge in [-0.25, -0.2) is 8.42 Å². The quantitative estimate of drug-likeness (QED) is 0.849. The number of rotatable bonds is 4. The van der Waals surface area contributed by atoms with Crippen LogP contribution in [-0.2, 0) is 14.6 Å². The van der Waals surface area contributed by atoms with E-state index >= 15 is 0 Å². The van der Waals surface area contributed by atoms with Gasteiger partial charge in [-0.15, -0.1) is 0 Å². The van der Waals surface area contributed by atoms with Crippen LogP contribution >= 0.6 is 0 Å². The maximum atomic E-state index is 11.3. The number of sulfone groups is 1. The molecular weight excluding hydrogens is 274 g/mol. The van der Waals surface area contributed by atoms with Crippen LogP contribution in [0, 0.1) is 13.8 Å². The fourth-order valence-electron chi connectivity index (χ4n) is 2.58. The van der Waals surface area contributed by atoms with E-state index in [9.17, 15) is 8.42 Å². The van der Waals surface area contributed by atoms with Gasteiger partial charge in [0.2, 0.25) is 0 Å². The molecule has 112 valence electrons. The topological polar surface area (TPSA) is 46.6 Å². The van der Waals surface area contributed by atoms with Gasteiger partial charge in [0.15, 0.2) is 0 Å². The highest BCUT2D eigenvalue weighted by Gasteiger charge is 2.23. The molecule has 1 aromatic carbocycles. The fourth-order valence-corrected chi connectivity index (χ4v) is 3.17.